The molecule has 3 aromatic carbocycles. The van der Waals surface area contributed by atoms with Crippen LogP contribution in [0.1, 0.15) is 5.56 Å². The van der Waals surface area contributed by atoms with Crippen molar-refractivity contribution in [1.82, 2.24) is 14.3 Å². The van der Waals surface area contributed by atoms with Crippen LogP contribution in [0.3, 0.4) is 0 Å². The van der Waals surface area contributed by atoms with Crippen molar-refractivity contribution in [2.75, 3.05) is 17.3 Å². The molecule has 0 unspecified atom stereocenters. The summed E-state index contributed by atoms with van der Waals surface area (Å²) < 4.78 is 40.8. The first-order valence-corrected chi connectivity index (χ1v) is 14.6. The van der Waals surface area contributed by atoms with Gasteiger partial charge in [-0.3, -0.25) is 4.79 Å². The van der Waals surface area contributed by atoms with Gasteiger partial charge in [-0.05, 0) is 72.3 Å². The van der Waals surface area contributed by atoms with Gasteiger partial charge in [-0.2, -0.15) is 0 Å². The quantitative estimate of drug-likeness (QED) is 0.244. The van der Waals surface area contributed by atoms with Crippen molar-refractivity contribution in [2.45, 2.75) is 10.8 Å². The number of nitrogens with one attached hydrogen (secondary N) is 3. The van der Waals surface area contributed by atoms with Crippen molar-refractivity contribution in [1.29, 1.82) is 0 Å². The molecule has 0 bridgehead atoms. The highest BCUT2D eigenvalue weighted by Gasteiger charge is 2.20. The topological polar surface area (TPSA) is 133 Å². The predicted molar refractivity (Wildman–Crippen MR) is 157 cm³/mol. The van der Waals surface area contributed by atoms with E-state index in [1.807, 2.05) is 16.7 Å². The summed E-state index contributed by atoms with van der Waals surface area (Å²) in [5, 5.41) is 2.68. The van der Waals surface area contributed by atoms with Gasteiger partial charge in [0.05, 0.1) is 20.9 Å². The molecule has 2 aromatic heterocycles. The summed E-state index contributed by atoms with van der Waals surface area (Å²) in [7, 11) is -2.26. The average Bonchev–Trinajstić information content (AvgIpc) is 3.37. The molecular weight excluding hydrogens is 593 g/mol. The summed E-state index contributed by atoms with van der Waals surface area (Å²) >= 11 is 6.57. The fraction of sp³-hybridized carbons (Fsp3) is 0.0741. The fourth-order valence-corrected chi connectivity index (χ4v) is 6.49. The number of nitrogens with zero attached hydrogens (tertiary/aromatic N) is 2. The van der Waals surface area contributed by atoms with Crippen LogP contribution in [0.25, 0.3) is 16.6 Å². The van der Waals surface area contributed by atoms with Gasteiger partial charge in [-0.25, -0.2) is 31.7 Å². The number of hydrogen-bond donors (Lipinski definition) is 3. The van der Waals surface area contributed by atoms with Crippen molar-refractivity contribution in [3.63, 3.8) is 0 Å². The summed E-state index contributed by atoms with van der Waals surface area (Å²) in [5.41, 5.74) is 1.24. The first-order chi connectivity index (χ1) is 19.5. The number of benzene rings is 3. The van der Waals surface area contributed by atoms with E-state index in [1.54, 1.807) is 30.3 Å². The molecule has 10 nitrogen and oxygen atoms in total. The number of halogens is 2. The van der Waals surface area contributed by atoms with Gasteiger partial charge in [-0.1, -0.05) is 23.7 Å². The normalized spacial score (nSPS) is 11.4. The van der Waals surface area contributed by atoms with Crippen LogP contribution in [-0.4, -0.2) is 31.0 Å². The fourth-order valence-electron chi connectivity index (χ4n) is 4.10. The predicted octanol–water partition coefficient (Wildman–Crippen LogP) is 4.68. The molecule has 0 saturated carbocycles. The number of amides is 2. The maximum Gasteiger partial charge on any atom is 0.333 e. The van der Waals surface area contributed by atoms with Crippen molar-refractivity contribution in [3.05, 3.63) is 115 Å². The van der Waals surface area contributed by atoms with Crippen molar-refractivity contribution < 1.29 is 17.6 Å². The van der Waals surface area contributed by atoms with Gasteiger partial charge >= 0.3 is 11.7 Å². The maximum absolute atomic E-state index is 13.2. The molecule has 0 atom stereocenters. The molecule has 0 aliphatic carbocycles. The van der Waals surface area contributed by atoms with Crippen molar-refractivity contribution >= 4 is 61.3 Å². The van der Waals surface area contributed by atoms with Crippen LogP contribution in [0.5, 0.6) is 0 Å². The molecule has 5 aromatic rings. The van der Waals surface area contributed by atoms with Gasteiger partial charge in [0.15, 0.2) is 0 Å². The van der Waals surface area contributed by atoms with Gasteiger partial charge in [0.2, 0.25) is 0 Å². The molecule has 0 fully saturated rings. The standard InChI is InChI=1S/C27H21ClFN5O5S2/c1-33(15-16-2-4-17(29)5-3-16)20-10-11-21-22(14-20)31-27(37)34(25(21)35)19-8-6-18(7-9-19)30-26(36)32-41(38,39)24-13-12-23(28)40-24/h2-14H,15H2,1H3,(H,31,37)(H2,30,32,36). The molecule has 0 aliphatic rings. The Morgan fingerprint density at radius 1 is 1.02 bits per heavy atom. The number of rotatable bonds is 7. The van der Waals surface area contributed by atoms with Crippen molar-refractivity contribution in [2.24, 2.45) is 0 Å². The highest BCUT2D eigenvalue weighted by molar-refractivity contribution is 7.92. The number of sulfonamides is 1. The lowest BCUT2D eigenvalue weighted by Crippen LogP contribution is -2.34. The Hall–Kier alpha value is -4.46. The molecule has 14 heteroatoms. The minimum absolute atomic E-state index is 0.116. The molecule has 0 spiro atoms. The molecule has 2 heterocycles. The number of anilines is 2. The second kappa shape index (κ2) is 11.2. The van der Waals surface area contributed by atoms with Gasteiger partial charge in [0.25, 0.3) is 15.6 Å². The van der Waals surface area contributed by atoms with E-state index in [4.69, 9.17) is 11.6 Å². The number of urea groups is 1. The smallest absolute Gasteiger partial charge is 0.333 e. The summed E-state index contributed by atoms with van der Waals surface area (Å²) in [6.07, 6.45) is 0. The zero-order valence-corrected chi connectivity index (χ0v) is 23.6. The number of H-pyrrole nitrogens is 1. The summed E-state index contributed by atoms with van der Waals surface area (Å²) in [5.74, 6) is -0.321. The first-order valence-electron chi connectivity index (χ1n) is 11.9. The van der Waals surface area contributed by atoms with E-state index in [1.165, 1.54) is 48.5 Å². The highest BCUT2D eigenvalue weighted by atomic mass is 35.5. The molecule has 5 rings (SSSR count). The van der Waals surface area contributed by atoms with Crippen LogP contribution in [0, 0.1) is 5.82 Å². The minimum atomic E-state index is -4.10. The molecule has 0 saturated heterocycles. The van der Waals surface area contributed by atoms with Gasteiger partial charge in [0, 0.05) is 25.0 Å². The Balaban J connectivity index is 1.34. The van der Waals surface area contributed by atoms with E-state index < -0.39 is 27.3 Å². The maximum atomic E-state index is 13.2. The first kappa shape index (κ1) is 28.1. The SMILES string of the molecule is CN(Cc1ccc(F)cc1)c1ccc2c(=O)n(-c3ccc(NC(=O)NS(=O)(=O)c4ccc(Cl)s4)cc3)c(=O)[nH]c2c1. The summed E-state index contributed by atoms with van der Waals surface area (Å²) in [6.45, 7) is 0.486. The number of carbonyl (C=O) groups excluding carboxylic acids is 1. The van der Waals surface area contributed by atoms with E-state index in [9.17, 15) is 27.2 Å². The van der Waals surface area contributed by atoms with E-state index in [0.29, 0.717) is 12.1 Å². The van der Waals surface area contributed by atoms with Gasteiger partial charge in [0.1, 0.15) is 10.0 Å². The largest absolute Gasteiger partial charge is 0.370 e. The Morgan fingerprint density at radius 3 is 2.39 bits per heavy atom. The molecular formula is C27H21ClFN5O5S2. The lowest BCUT2D eigenvalue weighted by molar-refractivity contribution is 0.256. The van der Waals surface area contributed by atoms with E-state index in [-0.39, 0.29) is 31.1 Å². The summed E-state index contributed by atoms with van der Waals surface area (Å²) in [6, 6.07) is 18.6. The van der Waals surface area contributed by atoms with Crippen LogP contribution in [0.2, 0.25) is 4.34 Å². The number of thiophene rings is 1. The monoisotopic (exact) mass is 613 g/mol. The third-order valence-electron chi connectivity index (χ3n) is 6.08. The Bertz CT molecular complexity index is 1990. The Labute approximate surface area is 241 Å². The van der Waals surface area contributed by atoms with Crippen LogP contribution >= 0.6 is 22.9 Å². The lowest BCUT2D eigenvalue weighted by Gasteiger charge is -2.20. The number of aromatic nitrogens is 2. The zero-order chi connectivity index (χ0) is 29.3. The molecule has 0 radical (unpaired) electrons. The van der Waals surface area contributed by atoms with E-state index >= 15 is 0 Å². The van der Waals surface area contributed by atoms with Gasteiger partial charge < -0.3 is 15.2 Å². The number of hydrogen-bond acceptors (Lipinski definition) is 7. The summed E-state index contributed by atoms with van der Waals surface area (Å²) in [4.78, 5) is 43.0. The zero-order valence-electron chi connectivity index (χ0n) is 21.2. The van der Waals surface area contributed by atoms with Gasteiger partial charge in [-0.15, -0.1) is 11.3 Å². The average molecular weight is 614 g/mol. The third-order valence-corrected chi connectivity index (χ3v) is 9.13. The molecule has 2 amide bonds. The second-order valence-electron chi connectivity index (χ2n) is 8.95. The number of carbonyl (C=O) groups is 1. The third kappa shape index (κ3) is 6.16. The number of fused-ring (bicyclic) bond motifs is 1. The Morgan fingerprint density at radius 2 is 1.73 bits per heavy atom. The van der Waals surface area contributed by atoms with Crippen molar-refractivity contribution in [3.8, 4) is 5.69 Å². The lowest BCUT2D eigenvalue weighted by atomic mass is 10.1. The highest BCUT2D eigenvalue weighted by Crippen LogP contribution is 2.25. The number of aromatic amines is 1. The second-order valence-corrected chi connectivity index (χ2v) is 12.6. The van der Waals surface area contributed by atoms with Crippen LogP contribution in [0.15, 0.2) is 92.7 Å². The minimum Gasteiger partial charge on any atom is -0.370 e. The van der Waals surface area contributed by atoms with Crippen LogP contribution < -0.4 is 26.2 Å². The molecule has 41 heavy (non-hydrogen) atoms. The molecule has 3 N–H and O–H groups in total. The van der Waals surface area contributed by atoms with E-state index in [0.717, 1.165) is 27.2 Å². The van der Waals surface area contributed by atoms with Crippen LogP contribution in [-0.2, 0) is 16.6 Å². The Kier molecular flexibility index (Phi) is 7.67. The molecule has 210 valence electrons. The molecule has 0 aliphatic heterocycles. The van der Waals surface area contributed by atoms with E-state index in [2.05, 4.69) is 10.3 Å². The van der Waals surface area contributed by atoms with Crippen LogP contribution in [0.4, 0.5) is 20.6 Å².